The van der Waals surface area contributed by atoms with E-state index >= 15 is 0 Å². The summed E-state index contributed by atoms with van der Waals surface area (Å²) in [6, 6.07) is 9.80. The topological polar surface area (TPSA) is 93.5 Å². The Kier molecular flexibility index (Phi) is 7.94. The van der Waals surface area contributed by atoms with E-state index in [1.54, 1.807) is 18.5 Å². The second-order valence-corrected chi connectivity index (χ2v) is 6.86. The van der Waals surface area contributed by atoms with E-state index in [-0.39, 0.29) is 12.5 Å². The van der Waals surface area contributed by atoms with Crippen molar-refractivity contribution < 1.29 is 19.1 Å². The third-order valence-electron chi connectivity index (χ3n) is 4.47. The van der Waals surface area contributed by atoms with Gasteiger partial charge >= 0.3 is 5.97 Å². The summed E-state index contributed by atoms with van der Waals surface area (Å²) >= 11 is 0. The Morgan fingerprint density at radius 1 is 1.17 bits per heavy atom. The molecule has 0 aliphatic carbocycles. The third kappa shape index (κ3) is 6.17. The van der Waals surface area contributed by atoms with Crippen LogP contribution in [0.25, 0.3) is 0 Å². The van der Waals surface area contributed by atoms with E-state index in [0.717, 1.165) is 12.0 Å². The highest BCUT2D eigenvalue weighted by Gasteiger charge is 2.22. The summed E-state index contributed by atoms with van der Waals surface area (Å²) in [6.07, 6.45) is 0.817. The average molecular weight is 400 g/mol. The van der Waals surface area contributed by atoms with Gasteiger partial charge in [-0.2, -0.15) is 5.10 Å². The first-order valence-electron chi connectivity index (χ1n) is 9.59. The minimum atomic E-state index is -0.600. The summed E-state index contributed by atoms with van der Waals surface area (Å²) < 4.78 is 6.93. The Labute approximate surface area is 170 Å². The highest BCUT2D eigenvalue weighted by atomic mass is 16.5. The van der Waals surface area contributed by atoms with Crippen molar-refractivity contribution in [3.63, 3.8) is 0 Å². The van der Waals surface area contributed by atoms with Gasteiger partial charge in [-0.3, -0.25) is 14.3 Å². The minimum absolute atomic E-state index is 0.0799. The van der Waals surface area contributed by atoms with E-state index in [1.807, 2.05) is 37.3 Å². The van der Waals surface area contributed by atoms with Gasteiger partial charge in [0.15, 0.2) is 6.61 Å². The van der Waals surface area contributed by atoms with Crippen molar-refractivity contribution in [2.24, 2.45) is 0 Å². The van der Waals surface area contributed by atoms with E-state index in [1.165, 1.54) is 11.9 Å². The van der Waals surface area contributed by atoms with Crippen LogP contribution in [0.15, 0.2) is 30.3 Å². The molecule has 1 aromatic carbocycles. The maximum atomic E-state index is 12.5. The zero-order valence-corrected chi connectivity index (χ0v) is 17.4. The molecule has 2 aromatic rings. The number of hydrogen-bond donors (Lipinski definition) is 1. The standard InChI is InChI=1S/C21H28N4O4/c1-5-11-22-18(26)13-24(4)19(27)14-29-21(28)20-15(2)23-25(16(20)3)12-17-9-7-6-8-10-17/h6-10H,5,11-14H2,1-4H3,(H,22,26). The van der Waals surface area contributed by atoms with E-state index < -0.39 is 18.5 Å². The van der Waals surface area contributed by atoms with Gasteiger partial charge in [0.05, 0.1) is 24.5 Å². The van der Waals surface area contributed by atoms with Gasteiger partial charge in [0.25, 0.3) is 5.91 Å². The molecule has 0 saturated carbocycles. The second-order valence-electron chi connectivity index (χ2n) is 6.86. The second kappa shape index (κ2) is 10.4. The molecule has 156 valence electrons. The van der Waals surface area contributed by atoms with Crippen LogP contribution < -0.4 is 5.32 Å². The van der Waals surface area contributed by atoms with Crippen LogP contribution in [0.5, 0.6) is 0 Å². The number of likely N-dealkylation sites (N-methyl/N-ethyl adjacent to an activating group) is 1. The van der Waals surface area contributed by atoms with Gasteiger partial charge in [-0.25, -0.2) is 4.79 Å². The number of carbonyl (C=O) groups excluding carboxylic acids is 3. The monoisotopic (exact) mass is 400 g/mol. The quantitative estimate of drug-likeness (QED) is 0.647. The molecule has 1 N–H and O–H groups in total. The summed E-state index contributed by atoms with van der Waals surface area (Å²) in [5, 5.41) is 7.12. The molecule has 1 heterocycles. The predicted octanol–water partition coefficient (Wildman–Crippen LogP) is 1.69. The van der Waals surface area contributed by atoms with Crippen molar-refractivity contribution in [1.29, 1.82) is 0 Å². The Morgan fingerprint density at radius 2 is 1.86 bits per heavy atom. The normalized spacial score (nSPS) is 10.5. The summed E-state index contributed by atoms with van der Waals surface area (Å²) in [7, 11) is 1.50. The van der Waals surface area contributed by atoms with Crippen LogP contribution in [-0.2, 0) is 20.9 Å². The van der Waals surface area contributed by atoms with Gasteiger partial charge in [0.1, 0.15) is 5.56 Å². The summed E-state index contributed by atoms with van der Waals surface area (Å²) in [4.78, 5) is 37.6. The van der Waals surface area contributed by atoms with Crippen molar-refractivity contribution in [2.45, 2.75) is 33.7 Å². The van der Waals surface area contributed by atoms with Crippen molar-refractivity contribution in [3.8, 4) is 0 Å². The van der Waals surface area contributed by atoms with Crippen LogP contribution in [0, 0.1) is 13.8 Å². The smallest absolute Gasteiger partial charge is 0.342 e. The van der Waals surface area contributed by atoms with Crippen LogP contribution >= 0.6 is 0 Å². The number of amides is 2. The van der Waals surface area contributed by atoms with Gasteiger partial charge in [-0.1, -0.05) is 37.3 Å². The lowest BCUT2D eigenvalue weighted by molar-refractivity contribution is -0.137. The molecule has 29 heavy (non-hydrogen) atoms. The van der Waals surface area contributed by atoms with Gasteiger partial charge in [0.2, 0.25) is 5.91 Å². The highest BCUT2D eigenvalue weighted by Crippen LogP contribution is 2.16. The average Bonchev–Trinajstić information content (AvgIpc) is 2.98. The number of benzene rings is 1. The molecule has 0 spiro atoms. The lowest BCUT2D eigenvalue weighted by Gasteiger charge is -2.16. The fourth-order valence-corrected chi connectivity index (χ4v) is 2.84. The molecule has 0 saturated heterocycles. The van der Waals surface area contributed by atoms with Gasteiger partial charge in [0, 0.05) is 13.6 Å². The number of esters is 1. The number of aryl methyl sites for hydroxylation is 1. The number of nitrogens with one attached hydrogen (secondary N) is 1. The van der Waals surface area contributed by atoms with Crippen molar-refractivity contribution in [1.82, 2.24) is 20.0 Å². The zero-order valence-electron chi connectivity index (χ0n) is 17.4. The molecule has 0 radical (unpaired) electrons. The lowest BCUT2D eigenvalue weighted by atomic mass is 10.2. The van der Waals surface area contributed by atoms with E-state index in [0.29, 0.717) is 30.0 Å². The molecule has 0 unspecified atom stereocenters. The van der Waals surface area contributed by atoms with Crippen LogP contribution in [-0.4, -0.2) is 59.2 Å². The first kappa shape index (κ1) is 22.1. The number of hydrogen-bond acceptors (Lipinski definition) is 5. The van der Waals surface area contributed by atoms with Gasteiger partial charge in [-0.05, 0) is 25.8 Å². The number of rotatable bonds is 9. The van der Waals surface area contributed by atoms with Crippen LogP contribution in [0.4, 0.5) is 0 Å². The molecule has 0 atom stereocenters. The SMILES string of the molecule is CCCNC(=O)CN(C)C(=O)COC(=O)c1c(C)nn(Cc2ccccc2)c1C. The third-order valence-corrected chi connectivity index (χ3v) is 4.47. The molecule has 0 aliphatic heterocycles. The Hall–Kier alpha value is -3.16. The first-order chi connectivity index (χ1) is 13.8. The van der Waals surface area contributed by atoms with Crippen LogP contribution in [0.1, 0.15) is 40.7 Å². The molecular formula is C21H28N4O4. The predicted molar refractivity (Wildman–Crippen MR) is 108 cm³/mol. The molecule has 1 aromatic heterocycles. The van der Waals surface area contributed by atoms with E-state index in [9.17, 15) is 14.4 Å². The molecule has 8 nitrogen and oxygen atoms in total. The van der Waals surface area contributed by atoms with E-state index in [4.69, 9.17) is 4.74 Å². The van der Waals surface area contributed by atoms with Crippen molar-refractivity contribution >= 4 is 17.8 Å². The summed E-state index contributed by atoms with van der Waals surface area (Å²) in [5.41, 5.74) is 2.65. The molecule has 0 aliphatic rings. The molecule has 0 fully saturated rings. The molecule has 2 amide bonds. The first-order valence-corrected chi connectivity index (χ1v) is 9.59. The zero-order chi connectivity index (χ0) is 21.4. The van der Waals surface area contributed by atoms with Gasteiger partial charge < -0.3 is 15.0 Å². The lowest BCUT2D eigenvalue weighted by Crippen LogP contribution is -2.40. The van der Waals surface area contributed by atoms with Crippen LogP contribution in [0.3, 0.4) is 0 Å². The Bertz CT molecular complexity index is 861. The Balaban J connectivity index is 1.95. The number of carbonyl (C=O) groups is 3. The molecule has 2 rings (SSSR count). The highest BCUT2D eigenvalue weighted by molar-refractivity contribution is 5.93. The van der Waals surface area contributed by atoms with Crippen molar-refractivity contribution in [3.05, 3.63) is 52.8 Å². The fourth-order valence-electron chi connectivity index (χ4n) is 2.84. The number of aromatic nitrogens is 2. The largest absolute Gasteiger partial charge is 0.452 e. The van der Waals surface area contributed by atoms with Gasteiger partial charge in [-0.15, -0.1) is 0 Å². The maximum Gasteiger partial charge on any atom is 0.342 e. The molecule has 0 bridgehead atoms. The molecular weight excluding hydrogens is 372 g/mol. The Morgan fingerprint density at radius 3 is 2.52 bits per heavy atom. The molecule has 8 heteroatoms. The van der Waals surface area contributed by atoms with Crippen molar-refractivity contribution in [2.75, 3.05) is 26.7 Å². The minimum Gasteiger partial charge on any atom is -0.452 e. The number of nitrogens with zero attached hydrogens (tertiary/aromatic N) is 3. The fraction of sp³-hybridized carbons (Fsp3) is 0.429. The van der Waals surface area contributed by atoms with E-state index in [2.05, 4.69) is 10.4 Å². The maximum absolute atomic E-state index is 12.5. The van der Waals surface area contributed by atoms with Crippen LogP contribution in [0.2, 0.25) is 0 Å². The summed E-state index contributed by atoms with van der Waals surface area (Å²) in [5.74, 6) is -1.30. The number of ether oxygens (including phenoxy) is 1. The summed E-state index contributed by atoms with van der Waals surface area (Å²) in [6.45, 7) is 6.06.